The van der Waals surface area contributed by atoms with Gasteiger partial charge in [0.25, 0.3) is 0 Å². The van der Waals surface area contributed by atoms with Gasteiger partial charge in [-0.3, -0.25) is 4.79 Å². The Balaban J connectivity index is 2.46. The van der Waals surface area contributed by atoms with Crippen LogP contribution in [0.1, 0.15) is 47.0 Å². The third-order valence-corrected chi connectivity index (χ3v) is 3.93. The van der Waals surface area contributed by atoms with Crippen LogP contribution in [0.3, 0.4) is 0 Å². The first-order chi connectivity index (χ1) is 9.51. The van der Waals surface area contributed by atoms with Gasteiger partial charge in [-0.1, -0.05) is 27.2 Å². The minimum atomic E-state index is -0.249. The molecule has 1 aliphatic rings. The zero-order valence-electron chi connectivity index (χ0n) is 13.2. The van der Waals surface area contributed by atoms with E-state index in [0.29, 0.717) is 26.2 Å². The Hall–Kier alpha value is -1.26. The van der Waals surface area contributed by atoms with Gasteiger partial charge in [0.15, 0.2) is 0 Å². The van der Waals surface area contributed by atoms with E-state index < -0.39 is 0 Å². The number of piperazine rings is 1. The van der Waals surface area contributed by atoms with Crippen LogP contribution in [0, 0.1) is 5.92 Å². The van der Waals surface area contributed by atoms with E-state index in [1.54, 1.807) is 4.90 Å². The second kappa shape index (κ2) is 8.12. The number of ether oxygens (including phenoxy) is 1. The number of rotatable bonds is 5. The van der Waals surface area contributed by atoms with Crippen molar-refractivity contribution in [2.75, 3.05) is 26.2 Å². The van der Waals surface area contributed by atoms with E-state index in [0.717, 1.165) is 19.3 Å². The highest BCUT2D eigenvalue weighted by molar-refractivity contribution is 5.79. The van der Waals surface area contributed by atoms with E-state index in [1.807, 2.05) is 25.7 Å². The average Bonchev–Trinajstić information content (AvgIpc) is 2.45. The van der Waals surface area contributed by atoms with Gasteiger partial charge in [0, 0.05) is 31.6 Å². The molecule has 1 fully saturated rings. The van der Waals surface area contributed by atoms with E-state index in [-0.39, 0.29) is 24.0 Å². The number of unbranched alkanes of at least 4 members (excludes halogenated alkanes) is 1. The van der Waals surface area contributed by atoms with E-state index in [9.17, 15) is 9.59 Å². The molecule has 0 aromatic heterocycles. The maximum Gasteiger partial charge on any atom is 0.409 e. The predicted octanol–water partition coefficient (Wildman–Crippen LogP) is 2.50. The number of hydrogen-bond acceptors (Lipinski definition) is 3. The summed E-state index contributed by atoms with van der Waals surface area (Å²) in [6, 6.07) is 0.0592. The summed E-state index contributed by atoms with van der Waals surface area (Å²) in [7, 11) is 0. The first-order valence-electron chi connectivity index (χ1n) is 7.73. The number of hydrogen-bond donors (Lipinski definition) is 0. The molecule has 5 heteroatoms. The van der Waals surface area contributed by atoms with Crippen LogP contribution in [-0.4, -0.2) is 54.1 Å². The summed E-state index contributed by atoms with van der Waals surface area (Å²) in [6.07, 6.45) is 2.51. The maximum atomic E-state index is 12.2. The quantitative estimate of drug-likeness (QED) is 0.729. The highest BCUT2D eigenvalue weighted by atomic mass is 16.6. The molecule has 2 atom stereocenters. The largest absolute Gasteiger partial charge is 0.449 e. The van der Waals surface area contributed by atoms with Crippen LogP contribution < -0.4 is 0 Å². The molecule has 1 heterocycles. The Morgan fingerprint density at radius 2 is 2.00 bits per heavy atom. The summed E-state index contributed by atoms with van der Waals surface area (Å²) in [6.45, 7) is 10.3. The first-order valence-corrected chi connectivity index (χ1v) is 7.73. The molecular formula is C15H28N2O3. The Labute approximate surface area is 122 Å². The Morgan fingerprint density at radius 1 is 1.30 bits per heavy atom. The fraction of sp³-hybridized carbons (Fsp3) is 0.867. The molecule has 1 rings (SSSR count). The van der Waals surface area contributed by atoms with Crippen molar-refractivity contribution in [3.63, 3.8) is 0 Å². The van der Waals surface area contributed by atoms with Gasteiger partial charge in [-0.25, -0.2) is 4.79 Å². The molecule has 0 saturated carbocycles. The first kappa shape index (κ1) is 16.8. The van der Waals surface area contributed by atoms with Gasteiger partial charge in [-0.2, -0.15) is 0 Å². The van der Waals surface area contributed by atoms with Gasteiger partial charge < -0.3 is 14.5 Å². The molecule has 1 unspecified atom stereocenters. The highest BCUT2D eigenvalue weighted by Gasteiger charge is 2.31. The SMILES string of the molecule is CCCCOC(=O)N1CCN(C(=O)C(C)CC)[C@H](C)C1. The van der Waals surface area contributed by atoms with Crippen LogP contribution in [0.5, 0.6) is 0 Å². The molecule has 5 nitrogen and oxygen atoms in total. The fourth-order valence-electron chi connectivity index (χ4n) is 2.30. The van der Waals surface area contributed by atoms with Gasteiger partial charge in [0.2, 0.25) is 5.91 Å². The van der Waals surface area contributed by atoms with Crippen LogP contribution in [0.2, 0.25) is 0 Å². The second-order valence-electron chi connectivity index (χ2n) is 5.60. The predicted molar refractivity (Wildman–Crippen MR) is 78.5 cm³/mol. The summed E-state index contributed by atoms with van der Waals surface area (Å²) in [5.41, 5.74) is 0. The third kappa shape index (κ3) is 4.39. The molecule has 20 heavy (non-hydrogen) atoms. The Bertz CT molecular complexity index is 333. The molecule has 1 aliphatic heterocycles. The monoisotopic (exact) mass is 284 g/mol. The van der Waals surface area contributed by atoms with Gasteiger partial charge in [-0.15, -0.1) is 0 Å². The van der Waals surface area contributed by atoms with E-state index in [1.165, 1.54) is 0 Å². The number of carbonyl (C=O) groups is 2. The van der Waals surface area contributed by atoms with E-state index in [4.69, 9.17) is 4.74 Å². The summed E-state index contributed by atoms with van der Waals surface area (Å²) >= 11 is 0. The molecule has 0 spiro atoms. The minimum absolute atomic E-state index is 0.0560. The van der Waals surface area contributed by atoms with Crippen molar-refractivity contribution in [2.24, 2.45) is 5.92 Å². The van der Waals surface area contributed by atoms with Crippen molar-refractivity contribution < 1.29 is 14.3 Å². The van der Waals surface area contributed by atoms with Crippen molar-refractivity contribution in [3.05, 3.63) is 0 Å². The zero-order chi connectivity index (χ0) is 15.1. The topological polar surface area (TPSA) is 49.9 Å². The van der Waals surface area contributed by atoms with Gasteiger partial charge in [0.1, 0.15) is 0 Å². The Morgan fingerprint density at radius 3 is 2.55 bits per heavy atom. The summed E-state index contributed by atoms with van der Waals surface area (Å²) < 4.78 is 5.22. The van der Waals surface area contributed by atoms with Gasteiger partial charge >= 0.3 is 6.09 Å². The normalized spacial score (nSPS) is 20.7. The molecule has 0 bridgehead atoms. The van der Waals surface area contributed by atoms with Crippen LogP contribution in [0.4, 0.5) is 4.79 Å². The average molecular weight is 284 g/mol. The number of carbonyl (C=O) groups excluding carboxylic acids is 2. The summed E-state index contributed by atoms with van der Waals surface area (Å²) in [5, 5.41) is 0. The minimum Gasteiger partial charge on any atom is -0.449 e. The lowest BCUT2D eigenvalue weighted by Crippen LogP contribution is -2.56. The second-order valence-corrected chi connectivity index (χ2v) is 5.60. The lowest BCUT2D eigenvalue weighted by atomic mass is 10.1. The van der Waals surface area contributed by atoms with Crippen LogP contribution in [0.15, 0.2) is 0 Å². The summed E-state index contributed by atoms with van der Waals surface area (Å²) in [5.74, 6) is 0.250. The number of nitrogens with zero attached hydrogens (tertiary/aromatic N) is 2. The molecule has 1 saturated heterocycles. The molecule has 2 amide bonds. The van der Waals surface area contributed by atoms with Crippen molar-refractivity contribution in [3.8, 4) is 0 Å². The molecule has 0 aliphatic carbocycles. The van der Waals surface area contributed by atoms with E-state index in [2.05, 4.69) is 6.92 Å². The molecule has 0 aromatic rings. The fourth-order valence-corrected chi connectivity index (χ4v) is 2.30. The van der Waals surface area contributed by atoms with Crippen molar-refractivity contribution in [2.45, 2.75) is 53.0 Å². The third-order valence-electron chi connectivity index (χ3n) is 3.93. The van der Waals surface area contributed by atoms with Crippen LogP contribution in [0.25, 0.3) is 0 Å². The summed E-state index contributed by atoms with van der Waals surface area (Å²) in [4.78, 5) is 27.7. The molecule has 0 radical (unpaired) electrons. The highest BCUT2D eigenvalue weighted by Crippen LogP contribution is 2.15. The maximum absolute atomic E-state index is 12.2. The lowest BCUT2D eigenvalue weighted by molar-refractivity contribution is -0.139. The molecule has 116 valence electrons. The zero-order valence-corrected chi connectivity index (χ0v) is 13.2. The smallest absolute Gasteiger partial charge is 0.409 e. The van der Waals surface area contributed by atoms with Crippen molar-refractivity contribution in [1.29, 1.82) is 0 Å². The van der Waals surface area contributed by atoms with E-state index >= 15 is 0 Å². The molecule has 0 aromatic carbocycles. The Kier molecular flexibility index (Phi) is 6.82. The van der Waals surface area contributed by atoms with Gasteiger partial charge in [0.05, 0.1) is 6.61 Å². The van der Waals surface area contributed by atoms with Crippen LogP contribution in [-0.2, 0) is 9.53 Å². The molecular weight excluding hydrogens is 256 g/mol. The molecule has 0 N–H and O–H groups in total. The van der Waals surface area contributed by atoms with Crippen molar-refractivity contribution >= 4 is 12.0 Å². The van der Waals surface area contributed by atoms with Gasteiger partial charge in [-0.05, 0) is 19.8 Å². The van der Waals surface area contributed by atoms with Crippen molar-refractivity contribution in [1.82, 2.24) is 9.80 Å². The van der Waals surface area contributed by atoms with Crippen LogP contribution >= 0.6 is 0 Å². The lowest BCUT2D eigenvalue weighted by Gasteiger charge is -2.40. The standard InChI is InChI=1S/C15H28N2O3/c1-5-7-10-20-15(19)16-8-9-17(13(4)11-16)14(18)12(3)6-2/h12-13H,5-11H2,1-4H3/t12?,13-/m1/s1. The number of amides is 2.